The maximum Gasteiger partial charge on any atom is 0.294 e. The van der Waals surface area contributed by atoms with Gasteiger partial charge in [0.15, 0.2) is 11.2 Å². The topological polar surface area (TPSA) is 115 Å². The third-order valence-corrected chi connectivity index (χ3v) is 7.29. The predicted molar refractivity (Wildman–Crippen MR) is 153 cm³/mol. The van der Waals surface area contributed by atoms with E-state index in [2.05, 4.69) is 28.8 Å². The molecule has 0 saturated heterocycles. The normalized spacial score (nSPS) is 16.2. The Kier molecular flexibility index (Phi) is 5.75. The van der Waals surface area contributed by atoms with Gasteiger partial charge in [-0.25, -0.2) is 4.98 Å². The summed E-state index contributed by atoms with van der Waals surface area (Å²) in [7, 11) is 0. The van der Waals surface area contributed by atoms with Gasteiger partial charge in [0, 0.05) is 34.3 Å². The zero-order valence-electron chi connectivity index (χ0n) is 22.1. The lowest BCUT2D eigenvalue weighted by atomic mass is 9.90. The highest BCUT2D eigenvalue weighted by Crippen LogP contribution is 2.47. The fourth-order valence-electron chi connectivity index (χ4n) is 5.46. The Balaban J connectivity index is 1.64. The summed E-state index contributed by atoms with van der Waals surface area (Å²) >= 11 is 0. The Morgan fingerprint density at radius 2 is 1.95 bits per heavy atom. The van der Waals surface area contributed by atoms with Gasteiger partial charge in [-0.15, -0.1) is 0 Å². The van der Waals surface area contributed by atoms with Crippen molar-refractivity contribution in [2.45, 2.75) is 39.7 Å². The second-order valence-electron chi connectivity index (χ2n) is 10.1. The number of benzene rings is 2. The summed E-state index contributed by atoms with van der Waals surface area (Å²) < 4.78 is 5.93. The Morgan fingerprint density at radius 3 is 2.72 bits per heavy atom. The van der Waals surface area contributed by atoms with Crippen LogP contribution in [0.15, 0.2) is 76.2 Å². The highest BCUT2D eigenvalue weighted by molar-refractivity contribution is 6.16. The van der Waals surface area contributed by atoms with Crippen LogP contribution in [0, 0.1) is 6.92 Å². The Labute approximate surface area is 224 Å². The van der Waals surface area contributed by atoms with E-state index >= 15 is 0 Å². The fourth-order valence-corrected chi connectivity index (χ4v) is 5.46. The van der Waals surface area contributed by atoms with Gasteiger partial charge in [-0.3, -0.25) is 14.5 Å². The number of aromatic amines is 2. The number of aromatic nitrogens is 3. The Morgan fingerprint density at radius 1 is 1.13 bits per heavy atom. The number of carbonyl (C=O) groups excluding carboxylic acids is 1. The number of H-pyrrole nitrogens is 2. The second kappa shape index (κ2) is 9.16. The number of aliphatic hydroxyl groups is 1. The van der Waals surface area contributed by atoms with Crippen molar-refractivity contribution in [3.8, 4) is 0 Å². The molecule has 8 heteroatoms. The van der Waals surface area contributed by atoms with Crippen LogP contribution in [0.1, 0.15) is 60.7 Å². The number of allylic oxidation sites excluding steroid dienone is 1. The number of nitrogens with one attached hydrogen (secondary N) is 2. The molecule has 1 atom stereocenters. The first-order valence-electron chi connectivity index (χ1n) is 12.9. The highest BCUT2D eigenvalue weighted by Gasteiger charge is 2.44. The largest absolute Gasteiger partial charge is 0.503 e. The van der Waals surface area contributed by atoms with E-state index in [1.807, 2.05) is 32.1 Å². The van der Waals surface area contributed by atoms with Crippen LogP contribution in [0.3, 0.4) is 0 Å². The summed E-state index contributed by atoms with van der Waals surface area (Å²) in [6, 6.07) is 9.84. The lowest BCUT2D eigenvalue weighted by Crippen LogP contribution is -2.32. The predicted octanol–water partition coefficient (Wildman–Crippen LogP) is 6.52. The number of aryl methyl sites for hydroxylation is 1. The number of nitrogens with zero attached hydrogens (tertiary/aromatic N) is 2. The average molecular weight is 521 g/mol. The zero-order valence-corrected chi connectivity index (χ0v) is 22.1. The standard InChI is InChI=1S/C31H28N4O4/c1-5-6-19-21(13-32-27(19)16(2)3)26-28(22-14-39-25-10-7-17(4)11-20(25)29(22)36)35(31(38)30(26)37)18-8-9-23-24(12-18)34-15-33-23/h5-16,28,32,37H,1-4H3,(H,33,34)/b6-5-. The number of fused-ring (bicyclic) bond motifs is 2. The lowest BCUT2D eigenvalue weighted by molar-refractivity contribution is -0.117. The molecule has 39 heavy (non-hydrogen) atoms. The van der Waals surface area contributed by atoms with Crippen molar-refractivity contribution in [1.29, 1.82) is 0 Å². The molecular weight excluding hydrogens is 492 g/mol. The van der Waals surface area contributed by atoms with Crippen LogP contribution in [0.2, 0.25) is 0 Å². The number of hydrogen-bond donors (Lipinski definition) is 3. The first-order chi connectivity index (χ1) is 18.8. The molecule has 1 unspecified atom stereocenters. The third kappa shape index (κ3) is 3.79. The van der Waals surface area contributed by atoms with Crippen molar-refractivity contribution < 1.29 is 14.3 Å². The van der Waals surface area contributed by atoms with Crippen molar-refractivity contribution in [1.82, 2.24) is 15.0 Å². The van der Waals surface area contributed by atoms with Crippen LogP contribution >= 0.6 is 0 Å². The molecule has 0 saturated carbocycles. The van der Waals surface area contributed by atoms with Crippen LogP contribution < -0.4 is 10.3 Å². The Hall–Kier alpha value is -4.85. The molecule has 4 heterocycles. The van der Waals surface area contributed by atoms with Crippen molar-refractivity contribution in [3.05, 3.63) is 105 Å². The average Bonchev–Trinajstić information content (AvgIpc) is 3.61. The Bertz CT molecular complexity index is 1890. The summed E-state index contributed by atoms with van der Waals surface area (Å²) in [6.07, 6.45) is 8.65. The van der Waals surface area contributed by atoms with Crippen LogP contribution in [0.4, 0.5) is 5.69 Å². The van der Waals surface area contributed by atoms with Crippen LogP contribution in [-0.4, -0.2) is 26.0 Å². The molecule has 8 nitrogen and oxygen atoms in total. The summed E-state index contributed by atoms with van der Waals surface area (Å²) in [6.45, 7) is 7.96. The number of carbonyl (C=O) groups is 1. The number of anilines is 1. The molecule has 2 aromatic carbocycles. The van der Waals surface area contributed by atoms with E-state index < -0.39 is 17.7 Å². The summed E-state index contributed by atoms with van der Waals surface area (Å²) in [5.74, 6) is -0.847. The summed E-state index contributed by atoms with van der Waals surface area (Å²) in [5, 5.41) is 11.9. The second-order valence-corrected chi connectivity index (χ2v) is 10.1. The molecule has 3 aromatic heterocycles. The number of hydrogen-bond acceptors (Lipinski definition) is 5. The van der Waals surface area contributed by atoms with E-state index in [-0.39, 0.29) is 16.9 Å². The monoisotopic (exact) mass is 520 g/mol. The molecule has 1 aliphatic rings. The lowest BCUT2D eigenvalue weighted by Gasteiger charge is -2.27. The van der Waals surface area contributed by atoms with E-state index in [4.69, 9.17) is 4.42 Å². The van der Waals surface area contributed by atoms with Crippen LogP contribution in [-0.2, 0) is 4.79 Å². The molecule has 0 spiro atoms. The van der Waals surface area contributed by atoms with Gasteiger partial charge in [-0.1, -0.05) is 37.6 Å². The minimum atomic E-state index is -0.932. The van der Waals surface area contributed by atoms with Gasteiger partial charge >= 0.3 is 0 Å². The molecule has 6 rings (SSSR count). The van der Waals surface area contributed by atoms with Crippen LogP contribution in [0.25, 0.3) is 33.7 Å². The molecular formula is C31H28N4O4. The molecule has 0 aliphatic carbocycles. The van der Waals surface area contributed by atoms with Crippen LogP contribution in [0.5, 0.6) is 0 Å². The maximum atomic E-state index is 14.0. The number of rotatable bonds is 5. The van der Waals surface area contributed by atoms with Crippen molar-refractivity contribution in [3.63, 3.8) is 0 Å². The maximum absolute atomic E-state index is 14.0. The van der Waals surface area contributed by atoms with Crippen molar-refractivity contribution in [2.75, 3.05) is 4.90 Å². The minimum absolute atomic E-state index is 0.163. The van der Waals surface area contributed by atoms with Gasteiger partial charge in [0.1, 0.15) is 11.8 Å². The smallest absolute Gasteiger partial charge is 0.294 e. The molecule has 0 fully saturated rings. The van der Waals surface area contributed by atoms with E-state index in [1.165, 1.54) is 11.2 Å². The van der Waals surface area contributed by atoms with Gasteiger partial charge in [-0.05, 0) is 50.1 Å². The molecule has 0 radical (unpaired) electrons. The third-order valence-electron chi connectivity index (χ3n) is 7.29. The van der Waals surface area contributed by atoms with Gasteiger partial charge in [-0.2, -0.15) is 0 Å². The van der Waals surface area contributed by atoms with Gasteiger partial charge < -0.3 is 19.5 Å². The first kappa shape index (κ1) is 24.5. The number of aliphatic hydroxyl groups excluding tert-OH is 1. The SMILES string of the molecule is C/C=C\c1c(C2=C(O)C(=O)N(c3ccc4nc[nH]c4c3)C2c2coc3ccc(C)cc3c2=O)c[nH]c1C(C)C. The van der Waals surface area contributed by atoms with Crippen molar-refractivity contribution in [2.24, 2.45) is 0 Å². The summed E-state index contributed by atoms with van der Waals surface area (Å²) in [5.41, 5.74) is 6.17. The number of imidazole rings is 1. The molecule has 1 aliphatic heterocycles. The van der Waals surface area contributed by atoms with E-state index in [1.54, 1.807) is 42.9 Å². The summed E-state index contributed by atoms with van der Waals surface area (Å²) in [4.78, 5) is 39.9. The molecule has 1 amide bonds. The minimum Gasteiger partial charge on any atom is -0.503 e. The van der Waals surface area contributed by atoms with E-state index in [9.17, 15) is 14.7 Å². The number of amides is 1. The first-order valence-corrected chi connectivity index (χ1v) is 12.9. The van der Waals surface area contributed by atoms with E-state index in [0.29, 0.717) is 27.8 Å². The van der Waals surface area contributed by atoms with E-state index in [0.717, 1.165) is 27.9 Å². The van der Waals surface area contributed by atoms with Gasteiger partial charge in [0.05, 0.1) is 34.4 Å². The quantitative estimate of drug-likeness (QED) is 0.244. The fraction of sp³-hybridized carbons (Fsp3) is 0.194. The van der Waals surface area contributed by atoms with Gasteiger partial charge in [0.25, 0.3) is 5.91 Å². The highest BCUT2D eigenvalue weighted by atomic mass is 16.3. The molecule has 3 N–H and O–H groups in total. The van der Waals surface area contributed by atoms with Gasteiger partial charge in [0.2, 0.25) is 0 Å². The zero-order chi connectivity index (χ0) is 27.4. The molecule has 196 valence electrons. The van der Waals surface area contributed by atoms with Crippen molar-refractivity contribution >= 4 is 45.2 Å². The molecule has 5 aromatic rings. The molecule has 0 bridgehead atoms.